The second-order valence-electron chi connectivity index (χ2n) is 4.45. The van der Waals surface area contributed by atoms with Crippen molar-refractivity contribution in [1.29, 1.82) is 0 Å². The zero-order valence-corrected chi connectivity index (χ0v) is 10.7. The maximum absolute atomic E-state index is 12.8. The van der Waals surface area contributed by atoms with Crippen molar-refractivity contribution in [2.24, 2.45) is 5.73 Å². The molecule has 9 heteroatoms. The fourth-order valence-corrected chi connectivity index (χ4v) is 1.98. The van der Waals surface area contributed by atoms with Gasteiger partial charge < -0.3 is 10.3 Å². The third-order valence-corrected chi connectivity index (χ3v) is 2.98. The molecule has 0 radical (unpaired) electrons. The van der Waals surface area contributed by atoms with Crippen LogP contribution in [-0.4, -0.2) is 30.7 Å². The summed E-state index contributed by atoms with van der Waals surface area (Å²) in [4.78, 5) is 4.12. The fourth-order valence-electron chi connectivity index (χ4n) is 1.98. The molecule has 2 N–H and O–H groups in total. The van der Waals surface area contributed by atoms with Crippen LogP contribution < -0.4 is 5.73 Å². The molecule has 0 fully saturated rings. The minimum Gasteiger partial charge on any atom is -0.335 e. The molecular weight excluding hydrogens is 285 g/mol. The number of imidazole rings is 1. The number of fused-ring (bicyclic) bond motifs is 1. The average molecular weight is 296 g/mol. The van der Waals surface area contributed by atoms with Gasteiger partial charge in [0.2, 0.25) is 0 Å². The first kappa shape index (κ1) is 13.6. The molecule has 6 nitrogen and oxygen atoms in total. The van der Waals surface area contributed by atoms with Gasteiger partial charge in [-0.15, -0.1) is 10.2 Å². The summed E-state index contributed by atoms with van der Waals surface area (Å²) in [7, 11) is 0. The molecule has 110 valence electrons. The Morgan fingerprint density at radius 2 is 1.95 bits per heavy atom. The van der Waals surface area contributed by atoms with Gasteiger partial charge in [0, 0.05) is 25.5 Å². The third-order valence-electron chi connectivity index (χ3n) is 2.98. The predicted molar refractivity (Wildman–Crippen MR) is 68.3 cm³/mol. The van der Waals surface area contributed by atoms with Crippen molar-refractivity contribution in [3.63, 3.8) is 0 Å². The monoisotopic (exact) mass is 296 g/mol. The Hall–Kier alpha value is -2.42. The maximum Gasteiger partial charge on any atom is 0.417 e. The summed E-state index contributed by atoms with van der Waals surface area (Å²) in [5, 5.41) is 7.75. The van der Waals surface area contributed by atoms with Gasteiger partial charge in [-0.3, -0.25) is 4.40 Å². The first-order chi connectivity index (χ1) is 9.99. The van der Waals surface area contributed by atoms with Gasteiger partial charge in [-0.2, -0.15) is 13.2 Å². The molecule has 0 saturated heterocycles. The van der Waals surface area contributed by atoms with Gasteiger partial charge in [-0.1, -0.05) is 0 Å². The van der Waals surface area contributed by atoms with Gasteiger partial charge in [0.05, 0.1) is 11.9 Å². The minimum atomic E-state index is -4.42. The van der Waals surface area contributed by atoms with Gasteiger partial charge in [0.25, 0.3) is 0 Å². The highest BCUT2D eigenvalue weighted by Gasteiger charge is 2.31. The summed E-state index contributed by atoms with van der Waals surface area (Å²) in [6, 6.07) is 2.25. The van der Waals surface area contributed by atoms with Crippen molar-refractivity contribution in [1.82, 2.24) is 24.1 Å². The van der Waals surface area contributed by atoms with Crippen molar-refractivity contribution in [2.45, 2.75) is 12.7 Å². The van der Waals surface area contributed by atoms with Gasteiger partial charge in [0.15, 0.2) is 11.5 Å². The number of hydrogen-bond acceptors (Lipinski definition) is 4. The molecule has 0 aromatic carbocycles. The topological polar surface area (TPSA) is 74.0 Å². The Morgan fingerprint density at radius 1 is 1.14 bits per heavy atom. The van der Waals surface area contributed by atoms with E-state index in [9.17, 15) is 13.2 Å². The van der Waals surface area contributed by atoms with Crippen molar-refractivity contribution < 1.29 is 13.2 Å². The van der Waals surface area contributed by atoms with Crippen LogP contribution in [-0.2, 0) is 12.7 Å². The van der Waals surface area contributed by atoms with Crippen molar-refractivity contribution in [3.8, 4) is 11.5 Å². The van der Waals surface area contributed by atoms with E-state index in [0.29, 0.717) is 24.4 Å². The van der Waals surface area contributed by atoms with Crippen molar-refractivity contribution in [3.05, 3.63) is 36.4 Å². The van der Waals surface area contributed by atoms with E-state index in [1.807, 2.05) is 0 Å². The second kappa shape index (κ2) is 4.85. The first-order valence-corrected chi connectivity index (χ1v) is 6.13. The molecule has 21 heavy (non-hydrogen) atoms. The SMILES string of the molecule is NCCn1cnc(-c2nnc3ccc(C(F)(F)F)cn23)c1. The van der Waals surface area contributed by atoms with Crippen LogP contribution in [0.15, 0.2) is 30.9 Å². The number of alkyl halides is 3. The van der Waals surface area contributed by atoms with E-state index in [2.05, 4.69) is 15.2 Å². The quantitative estimate of drug-likeness (QED) is 0.796. The molecule has 0 spiro atoms. The van der Waals surface area contributed by atoms with Gasteiger partial charge >= 0.3 is 6.18 Å². The standard InChI is InChI=1S/C12H11F3N6/c13-12(14,15)8-1-2-10-18-19-11(21(10)5-8)9-6-20(4-3-16)7-17-9/h1-2,5-7H,3-4,16H2. The molecule has 0 amide bonds. The van der Waals surface area contributed by atoms with Crippen LogP contribution >= 0.6 is 0 Å². The Labute approximate surface area is 117 Å². The highest BCUT2D eigenvalue weighted by Crippen LogP contribution is 2.30. The zero-order valence-electron chi connectivity index (χ0n) is 10.7. The van der Waals surface area contributed by atoms with E-state index in [-0.39, 0.29) is 5.82 Å². The zero-order chi connectivity index (χ0) is 15.0. The average Bonchev–Trinajstić information content (AvgIpc) is 3.03. The Kier molecular flexibility index (Phi) is 3.13. The largest absolute Gasteiger partial charge is 0.417 e. The van der Waals surface area contributed by atoms with E-state index < -0.39 is 11.7 Å². The normalized spacial score (nSPS) is 12.2. The number of hydrogen-bond donors (Lipinski definition) is 1. The Balaban J connectivity index is 2.09. The first-order valence-electron chi connectivity index (χ1n) is 6.13. The second-order valence-corrected chi connectivity index (χ2v) is 4.45. The van der Waals surface area contributed by atoms with Crippen LogP contribution in [0.4, 0.5) is 13.2 Å². The predicted octanol–water partition coefficient (Wildman–Crippen LogP) is 1.57. The smallest absolute Gasteiger partial charge is 0.335 e. The summed E-state index contributed by atoms with van der Waals surface area (Å²) in [5.74, 6) is 0.256. The van der Waals surface area contributed by atoms with Crippen LogP contribution in [0, 0.1) is 0 Å². The summed E-state index contributed by atoms with van der Waals surface area (Å²) in [6.45, 7) is 1.01. The highest BCUT2D eigenvalue weighted by molar-refractivity contribution is 5.55. The molecular formula is C12H11F3N6. The molecule has 0 bridgehead atoms. The van der Waals surface area contributed by atoms with E-state index in [4.69, 9.17) is 5.73 Å². The van der Waals surface area contributed by atoms with E-state index in [0.717, 1.165) is 12.3 Å². The molecule has 0 unspecified atom stereocenters. The molecule has 3 aromatic rings. The summed E-state index contributed by atoms with van der Waals surface area (Å²) < 4.78 is 41.3. The lowest BCUT2D eigenvalue weighted by Gasteiger charge is -2.06. The molecule has 0 saturated carbocycles. The van der Waals surface area contributed by atoms with Crippen molar-refractivity contribution >= 4 is 5.65 Å². The fraction of sp³-hybridized carbons (Fsp3) is 0.250. The van der Waals surface area contributed by atoms with Crippen LogP contribution in [0.1, 0.15) is 5.56 Å². The number of aromatic nitrogens is 5. The lowest BCUT2D eigenvalue weighted by atomic mass is 10.3. The number of rotatable bonds is 3. The van der Waals surface area contributed by atoms with Crippen LogP contribution in [0.25, 0.3) is 17.2 Å². The summed E-state index contributed by atoms with van der Waals surface area (Å²) in [5.41, 5.74) is 5.44. The number of halogens is 3. The van der Waals surface area contributed by atoms with Crippen LogP contribution in [0.5, 0.6) is 0 Å². The van der Waals surface area contributed by atoms with Crippen LogP contribution in [0.2, 0.25) is 0 Å². The molecule has 3 aromatic heterocycles. The summed E-state index contributed by atoms with van der Waals surface area (Å²) in [6.07, 6.45) is -0.234. The van der Waals surface area contributed by atoms with Gasteiger partial charge in [-0.25, -0.2) is 4.98 Å². The molecule has 3 rings (SSSR count). The van der Waals surface area contributed by atoms with E-state index in [1.165, 1.54) is 10.5 Å². The lowest BCUT2D eigenvalue weighted by molar-refractivity contribution is -0.137. The molecule has 0 aliphatic rings. The van der Waals surface area contributed by atoms with E-state index in [1.54, 1.807) is 17.1 Å². The highest BCUT2D eigenvalue weighted by atomic mass is 19.4. The maximum atomic E-state index is 12.8. The van der Waals surface area contributed by atoms with Gasteiger partial charge in [0.1, 0.15) is 5.69 Å². The number of nitrogens with two attached hydrogens (primary N) is 1. The van der Waals surface area contributed by atoms with E-state index >= 15 is 0 Å². The Morgan fingerprint density at radius 3 is 2.67 bits per heavy atom. The molecule has 0 aliphatic heterocycles. The van der Waals surface area contributed by atoms with Crippen LogP contribution in [0.3, 0.4) is 0 Å². The number of pyridine rings is 1. The lowest BCUT2D eigenvalue weighted by Crippen LogP contribution is -2.07. The van der Waals surface area contributed by atoms with Crippen molar-refractivity contribution in [2.75, 3.05) is 6.54 Å². The molecule has 0 atom stereocenters. The molecule has 3 heterocycles. The molecule has 0 aliphatic carbocycles. The third kappa shape index (κ3) is 2.47. The summed E-state index contributed by atoms with van der Waals surface area (Å²) >= 11 is 0. The number of nitrogens with zero attached hydrogens (tertiary/aromatic N) is 5. The minimum absolute atomic E-state index is 0.256. The van der Waals surface area contributed by atoms with Gasteiger partial charge in [-0.05, 0) is 12.1 Å². The Bertz CT molecular complexity index is 773.